The number of thiophene rings is 1. The summed E-state index contributed by atoms with van der Waals surface area (Å²) in [6.07, 6.45) is -0.226. The third-order valence-electron chi connectivity index (χ3n) is 3.64. The summed E-state index contributed by atoms with van der Waals surface area (Å²) in [5.41, 5.74) is 3.19. The van der Waals surface area contributed by atoms with Gasteiger partial charge in [-0.25, -0.2) is 0 Å². The molecule has 1 aromatic carbocycles. The summed E-state index contributed by atoms with van der Waals surface area (Å²) in [5.74, 6) is -1.20. The topological polar surface area (TPSA) is 70.0 Å². The lowest BCUT2D eigenvalue weighted by Gasteiger charge is -2.22. The van der Waals surface area contributed by atoms with Gasteiger partial charge in [0.1, 0.15) is 5.00 Å². The highest BCUT2D eigenvalue weighted by molar-refractivity contribution is 7.16. The van der Waals surface area contributed by atoms with Crippen molar-refractivity contribution in [3.63, 3.8) is 0 Å². The van der Waals surface area contributed by atoms with Crippen LogP contribution in [0.1, 0.15) is 30.2 Å². The van der Waals surface area contributed by atoms with Gasteiger partial charge < -0.3 is 5.11 Å². The van der Waals surface area contributed by atoms with Gasteiger partial charge in [-0.05, 0) is 32.0 Å². The van der Waals surface area contributed by atoms with Gasteiger partial charge in [-0.1, -0.05) is 12.1 Å². The normalized spacial score (nSPS) is 13.0. The number of para-hydroxylation sites is 2. The fraction of sp³-hybridized carbons (Fsp3) is 0.235. The van der Waals surface area contributed by atoms with E-state index in [1.165, 1.54) is 11.3 Å². The molecule has 0 unspecified atom stereocenters. The predicted molar refractivity (Wildman–Crippen MR) is 91.4 cm³/mol. The van der Waals surface area contributed by atoms with Crippen molar-refractivity contribution in [2.75, 3.05) is 4.90 Å². The second-order valence-corrected chi connectivity index (χ2v) is 6.62. The molecular weight excluding hydrogens is 312 g/mol. The predicted octanol–water partition coefficient (Wildman–Crippen LogP) is 4.04. The number of fused-ring (bicyclic) bond motifs is 2. The largest absolute Gasteiger partial charge is 0.481 e. The van der Waals surface area contributed by atoms with E-state index in [0.717, 1.165) is 26.8 Å². The number of carbonyl (C=O) groups excluding carboxylic acids is 1. The van der Waals surface area contributed by atoms with Crippen molar-refractivity contribution in [1.82, 2.24) is 0 Å². The summed E-state index contributed by atoms with van der Waals surface area (Å²) >= 11 is 1.52. The quantitative estimate of drug-likeness (QED) is 0.924. The maximum Gasteiger partial charge on any atom is 0.303 e. The van der Waals surface area contributed by atoms with Gasteiger partial charge in [0, 0.05) is 22.6 Å². The summed E-state index contributed by atoms with van der Waals surface area (Å²) in [4.78, 5) is 30.9. The van der Waals surface area contributed by atoms with Crippen LogP contribution in [0.2, 0.25) is 0 Å². The summed E-state index contributed by atoms with van der Waals surface area (Å²) in [6, 6.07) is 9.45. The van der Waals surface area contributed by atoms with E-state index in [9.17, 15) is 9.59 Å². The molecule has 1 N–H and O–H groups in total. The Bertz CT molecular complexity index is 823. The molecule has 6 heteroatoms. The van der Waals surface area contributed by atoms with Gasteiger partial charge in [0.2, 0.25) is 5.91 Å². The van der Waals surface area contributed by atoms with Crippen molar-refractivity contribution < 1.29 is 14.7 Å². The van der Waals surface area contributed by atoms with E-state index in [1.807, 2.05) is 44.2 Å². The molecule has 2 heterocycles. The third-order valence-corrected chi connectivity index (χ3v) is 4.68. The van der Waals surface area contributed by atoms with Crippen LogP contribution in [0, 0.1) is 6.92 Å². The van der Waals surface area contributed by atoms with Gasteiger partial charge in [-0.2, -0.15) is 0 Å². The number of carboxylic acids is 1. The Morgan fingerprint density at radius 1 is 1.22 bits per heavy atom. The number of nitrogens with zero attached hydrogens (tertiary/aromatic N) is 2. The first-order chi connectivity index (χ1) is 11.0. The number of aliphatic carboxylic acids is 1. The van der Waals surface area contributed by atoms with Gasteiger partial charge >= 0.3 is 5.97 Å². The molecule has 3 rings (SSSR count). The highest BCUT2D eigenvalue weighted by Gasteiger charge is 2.28. The monoisotopic (exact) mass is 328 g/mol. The molecule has 118 valence electrons. The number of amides is 1. The maximum atomic E-state index is 12.7. The minimum atomic E-state index is -0.975. The summed E-state index contributed by atoms with van der Waals surface area (Å²) < 4.78 is 0. The van der Waals surface area contributed by atoms with Crippen molar-refractivity contribution >= 4 is 45.3 Å². The SMILES string of the molecule is CC1=Nc2ccccc2N(C(=O)CCC(=O)O)c2sc(C)cc21. The standard InChI is InChI=1S/C17H16N2O3S/c1-10-9-12-11(2)18-13-5-3-4-6-14(13)19(17(12)23-10)15(20)7-8-16(21)22/h3-6,9H,7-8H2,1-2H3,(H,21,22). The van der Waals surface area contributed by atoms with Crippen molar-refractivity contribution in [1.29, 1.82) is 0 Å². The van der Waals surface area contributed by atoms with Crippen LogP contribution in [-0.2, 0) is 9.59 Å². The van der Waals surface area contributed by atoms with E-state index in [-0.39, 0.29) is 18.7 Å². The molecule has 1 aromatic heterocycles. The molecule has 23 heavy (non-hydrogen) atoms. The molecule has 0 spiro atoms. The highest BCUT2D eigenvalue weighted by Crippen LogP contribution is 2.43. The number of hydrogen-bond donors (Lipinski definition) is 1. The van der Waals surface area contributed by atoms with Crippen LogP contribution in [0.25, 0.3) is 0 Å². The Kier molecular flexibility index (Phi) is 4.00. The molecule has 0 fully saturated rings. The lowest BCUT2D eigenvalue weighted by atomic mass is 10.2. The van der Waals surface area contributed by atoms with E-state index < -0.39 is 5.97 Å². The molecule has 0 aliphatic carbocycles. The van der Waals surface area contributed by atoms with E-state index in [0.29, 0.717) is 5.69 Å². The lowest BCUT2D eigenvalue weighted by molar-refractivity contribution is -0.138. The van der Waals surface area contributed by atoms with Crippen LogP contribution in [0.5, 0.6) is 0 Å². The first-order valence-corrected chi connectivity index (χ1v) is 8.09. The average Bonchev–Trinajstić information content (AvgIpc) is 2.84. The summed E-state index contributed by atoms with van der Waals surface area (Å²) in [7, 11) is 0. The van der Waals surface area contributed by atoms with E-state index in [4.69, 9.17) is 5.11 Å². The number of anilines is 2. The Morgan fingerprint density at radius 2 is 1.96 bits per heavy atom. The van der Waals surface area contributed by atoms with Crippen molar-refractivity contribution in [3.05, 3.63) is 40.8 Å². The molecule has 2 aromatic rings. The number of aryl methyl sites for hydroxylation is 1. The van der Waals surface area contributed by atoms with Crippen molar-refractivity contribution in [2.24, 2.45) is 4.99 Å². The van der Waals surface area contributed by atoms with Crippen LogP contribution < -0.4 is 4.90 Å². The second-order valence-electron chi connectivity index (χ2n) is 5.38. The van der Waals surface area contributed by atoms with Crippen molar-refractivity contribution in [2.45, 2.75) is 26.7 Å². The van der Waals surface area contributed by atoms with Crippen LogP contribution in [0.3, 0.4) is 0 Å². The molecule has 0 atom stereocenters. The van der Waals surface area contributed by atoms with Crippen molar-refractivity contribution in [3.8, 4) is 0 Å². The first kappa shape index (κ1) is 15.4. The van der Waals surface area contributed by atoms with Gasteiger partial charge in [-0.3, -0.25) is 19.5 Å². The Hall–Kier alpha value is -2.47. The zero-order chi connectivity index (χ0) is 16.6. The van der Waals surface area contributed by atoms with Gasteiger partial charge in [-0.15, -0.1) is 11.3 Å². The molecular formula is C17H16N2O3S. The van der Waals surface area contributed by atoms with Gasteiger partial charge in [0.25, 0.3) is 0 Å². The summed E-state index contributed by atoms with van der Waals surface area (Å²) in [5, 5.41) is 9.67. The first-order valence-electron chi connectivity index (χ1n) is 7.27. The molecule has 0 saturated heterocycles. The maximum absolute atomic E-state index is 12.7. The number of hydrogen-bond acceptors (Lipinski definition) is 4. The smallest absolute Gasteiger partial charge is 0.303 e. The summed E-state index contributed by atoms with van der Waals surface area (Å²) in [6.45, 7) is 3.91. The zero-order valence-electron chi connectivity index (χ0n) is 12.9. The van der Waals surface area contributed by atoms with Gasteiger partial charge in [0.15, 0.2) is 0 Å². The number of aliphatic imine (C=N–C) groups is 1. The molecule has 0 saturated carbocycles. The number of rotatable bonds is 3. The fourth-order valence-electron chi connectivity index (χ4n) is 2.60. The van der Waals surface area contributed by atoms with Crippen LogP contribution in [0.4, 0.5) is 16.4 Å². The lowest BCUT2D eigenvalue weighted by Crippen LogP contribution is -2.26. The fourth-order valence-corrected chi connectivity index (χ4v) is 3.69. The Labute approximate surface area is 137 Å². The van der Waals surface area contributed by atoms with Crippen LogP contribution in [0.15, 0.2) is 35.3 Å². The molecule has 0 bridgehead atoms. The van der Waals surface area contributed by atoms with Crippen LogP contribution >= 0.6 is 11.3 Å². The second kappa shape index (κ2) is 5.96. The minimum absolute atomic E-state index is 0.0426. The third kappa shape index (κ3) is 2.90. The molecule has 1 aliphatic heterocycles. The van der Waals surface area contributed by atoms with Crippen LogP contribution in [-0.4, -0.2) is 22.7 Å². The van der Waals surface area contributed by atoms with E-state index in [1.54, 1.807) is 4.90 Å². The molecule has 5 nitrogen and oxygen atoms in total. The van der Waals surface area contributed by atoms with E-state index >= 15 is 0 Å². The number of carboxylic acid groups (broad SMARTS) is 1. The zero-order valence-corrected chi connectivity index (χ0v) is 13.7. The Balaban J connectivity index is 2.13. The number of carbonyl (C=O) groups is 2. The Morgan fingerprint density at radius 3 is 2.70 bits per heavy atom. The average molecular weight is 328 g/mol. The molecule has 0 radical (unpaired) electrons. The molecule has 1 amide bonds. The van der Waals surface area contributed by atoms with E-state index in [2.05, 4.69) is 4.99 Å². The molecule has 1 aliphatic rings. The highest BCUT2D eigenvalue weighted by atomic mass is 32.1. The number of benzene rings is 1. The minimum Gasteiger partial charge on any atom is -0.481 e. The van der Waals surface area contributed by atoms with Gasteiger partial charge in [0.05, 0.1) is 17.8 Å².